The summed E-state index contributed by atoms with van der Waals surface area (Å²) in [5.41, 5.74) is 6.22. The second kappa shape index (κ2) is 9.99. The van der Waals surface area contributed by atoms with Crippen molar-refractivity contribution in [2.24, 2.45) is 4.99 Å². The zero-order chi connectivity index (χ0) is 25.4. The summed E-state index contributed by atoms with van der Waals surface area (Å²) < 4.78 is 2.02. The molecule has 2 aliphatic heterocycles. The van der Waals surface area contributed by atoms with E-state index in [1.165, 1.54) is 0 Å². The van der Waals surface area contributed by atoms with Crippen LogP contribution in [0.5, 0.6) is 0 Å². The number of halogens is 1. The van der Waals surface area contributed by atoms with Crippen LogP contribution < -0.4 is 5.32 Å². The lowest BCUT2D eigenvalue weighted by Crippen LogP contribution is -2.37. The molecular weight excluding hydrogens is 490 g/mol. The van der Waals surface area contributed by atoms with Gasteiger partial charge in [0, 0.05) is 33.4 Å². The van der Waals surface area contributed by atoms with Gasteiger partial charge in [0.1, 0.15) is 0 Å². The third-order valence-electron chi connectivity index (χ3n) is 6.55. The molecule has 1 atom stereocenters. The lowest BCUT2D eigenvalue weighted by atomic mass is 9.93. The van der Waals surface area contributed by atoms with Crippen molar-refractivity contribution in [3.8, 4) is 0 Å². The van der Waals surface area contributed by atoms with Crippen LogP contribution in [0.3, 0.4) is 0 Å². The zero-order valence-electron chi connectivity index (χ0n) is 20.7. The number of carbonyl (C=O) groups is 1. The average Bonchev–Trinajstić information content (AvgIpc) is 3.39. The number of rotatable bonds is 5. The molecule has 1 N–H and O–H groups in total. The van der Waals surface area contributed by atoms with Crippen molar-refractivity contribution in [1.82, 2.24) is 14.7 Å². The van der Waals surface area contributed by atoms with E-state index in [1.807, 2.05) is 73.1 Å². The minimum absolute atomic E-state index is 0.176. The number of carbonyl (C=O) groups excluding carboxylic acids is 1. The number of hydrogen-bond donors (Lipinski definition) is 1. The molecule has 0 bridgehead atoms. The number of nitrogens with one attached hydrogen (secondary N) is 1. The van der Waals surface area contributed by atoms with Gasteiger partial charge in [0.05, 0.1) is 29.6 Å². The minimum Gasteiger partial charge on any atom is -0.335 e. The number of allylic oxidation sites excluding steroid dienone is 1. The van der Waals surface area contributed by atoms with Crippen LogP contribution in [-0.4, -0.2) is 32.3 Å². The number of benzene rings is 2. The number of amidine groups is 1. The van der Waals surface area contributed by atoms with E-state index in [0.717, 1.165) is 44.8 Å². The summed E-state index contributed by atoms with van der Waals surface area (Å²) in [5, 5.41) is 9.21. The molecule has 0 aliphatic carbocycles. The number of amides is 1. The van der Waals surface area contributed by atoms with Gasteiger partial charge in [-0.05, 0) is 57.5 Å². The number of anilines is 1. The van der Waals surface area contributed by atoms with Crippen LogP contribution >= 0.6 is 23.4 Å². The highest BCUT2D eigenvalue weighted by molar-refractivity contribution is 8.17. The third kappa shape index (κ3) is 4.49. The van der Waals surface area contributed by atoms with Crippen LogP contribution in [0.4, 0.5) is 5.69 Å². The van der Waals surface area contributed by atoms with Gasteiger partial charge >= 0.3 is 0 Å². The topological polar surface area (TPSA) is 62.5 Å². The van der Waals surface area contributed by atoms with E-state index in [4.69, 9.17) is 16.6 Å². The summed E-state index contributed by atoms with van der Waals surface area (Å²) in [7, 11) is 0. The van der Waals surface area contributed by atoms with E-state index < -0.39 is 0 Å². The van der Waals surface area contributed by atoms with Crippen LogP contribution in [0.15, 0.2) is 75.8 Å². The Morgan fingerprint density at radius 2 is 1.86 bits per heavy atom. The molecule has 6 nitrogen and oxygen atoms in total. The highest BCUT2D eigenvalue weighted by Crippen LogP contribution is 2.46. The molecule has 3 heterocycles. The second-order valence-corrected chi connectivity index (χ2v) is 10.4. The zero-order valence-corrected chi connectivity index (χ0v) is 22.3. The molecule has 2 aliphatic rings. The Morgan fingerprint density at radius 3 is 2.56 bits per heavy atom. The van der Waals surface area contributed by atoms with Gasteiger partial charge in [-0.25, -0.2) is 4.99 Å². The molecule has 0 saturated carbocycles. The Bertz CT molecular complexity index is 1420. The van der Waals surface area contributed by atoms with Crippen molar-refractivity contribution >= 4 is 46.2 Å². The number of hydrogen-bond acceptors (Lipinski definition) is 5. The van der Waals surface area contributed by atoms with E-state index >= 15 is 0 Å². The largest absolute Gasteiger partial charge is 0.335 e. The molecule has 36 heavy (non-hydrogen) atoms. The first-order valence-electron chi connectivity index (χ1n) is 12.0. The Balaban J connectivity index is 1.54. The normalized spacial score (nSPS) is 18.5. The van der Waals surface area contributed by atoms with Crippen LogP contribution in [0.25, 0.3) is 6.08 Å². The van der Waals surface area contributed by atoms with Crippen molar-refractivity contribution in [2.75, 3.05) is 11.9 Å². The van der Waals surface area contributed by atoms with Gasteiger partial charge in [0.2, 0.25) is 0 Å². The molecule has 5 rings (SSSR count). The smallest absolute Gasteiger partial charge is 0.255 e. The fourth-order valence-corrected chi connectivity index (χ4v) is 6.11. The molecule has 1 amide bonds. The van der Waals surface area contributed by atoms with Gasteiger partial charge in [-0.2, -0.15) is 5.10 Å². The second-order valence-electron chi connectivity index (χ2n) is 8.88. The van der Waals surface area contributed by atoms with E-state index in [1.54, 1.807) is 11.8 Å². The Hall–Kier alpha value is -3.29. The standard InChI is InChI=1S/C28H28ClN5OS/c1-5-34-19(4)23(17(2)32-34)15-21-16-33-26(22-13-9-10-14-24(22)29)25(18(3)30-28(33)36-21)27(35)31-20-11-7-6-8-12-20/h6-15,26H,5,16H2,1-4H3,(H,31,35)/b21-15-. The van der Waals surface area contributed by atoms with Gasteiger partial charge in [0.25, 0.3) is 5.91 Å². The van der Waals surface area contributed by atoms with E-state index in [9.17, 15) is 4.79 Å². The summed E-state index contributed by atoms with van der Waals surface area (Å²) in [6.45, 7) is 9.60. The molecule has 0 radical (unpaired) electrons. The Labute approximate surface area is 220 Å². The van der Waals surface area contributed by atoms with Crippen molar-refractivity contribution in [3.05, 3.63) is 98.3 Å². The first-order chi connectivity index (χ1) is 17.4. The Kier molecular flexibility index (Phi) is 6.77. The van der Waals surface area contributed by atoms with Crippen molar-refractivity contribution in [1.29, 1.82) is 0 Å². The molecule has 0 spiro atoms. The maximum Gasteiger partial charge on any atom is 0.255 e. The number of thioether (sulfide) groups is 1. The monoisotopic (exact) mass is 517 g/mol. The fraction of sp³-hybridized carbons (Fsp3) is 0.250. The maximum atomic E-state index is 13.6. The highest BCUT2D eigenvalue weighted by atomic mass is 35.5. The number of nitrogens with zero attached hydrogens (tertiary/aromatic N) is 4. The predicted octanol–water partition coefficient (Wildman–Crippen LogP) is 6.59. The van der Waals surface area contributed by atoms with Gasteiger partial charge in [0.15, 0.2) is 5.17 Å². The lowest BCUT2D eigenvalue weighted by Gasteiger charge is -2.35. The number of aromatic nitrogens is 2. The van der Waals surface area contributed by atoms with Gasteiger partial charge in [-0.3, -0.25) is 9.48 Å². The van der Waals surface area contributed by atoms with Crippen LogP contribution in [0.1, 0.15) is 42.4 Å². The van der Waals surface area contributed by atoms with E-state index in [0.29, 0.717) is 22.8 Å². The van der Waals surface area contributed by atoms with E-state index in [2.05, 4.69) is 35.2 Å². The Morgan fingerprint density at radius 1 is 1.14 bits per heavy atom. The molecule has 3 aromatic rings. The van der Waals surface area contributed by atoms with Crippen molar-refractivity contribution < 1.29 is 4.79 Å². The molecule has 8 heteroatoms. The lowest BCUT2D eigenvalue weighted by molar-refractivity contribution is -0.113. The van der Waals surface area contributed by atoms with Crippen LogP contribution in [0, 0.1) is 13.8 Å². The van der Waals surface area contributed by atoms with Crippen LogP contribution in [-0.2, 0) is 11.3 Å². The minimum atomic E-state index is -0.353. The molecule has 184 valence electrons. The number of aliphatic imine (C=N–C) groups is 1. The average molecular weight is 518 g/mol. The first-order valence-corrected chi connectivity index (χ1v) is 13.2. The van der Waals surface area contributed by atoms with Crippen LogP contribution in [0.2, 0.25) is 5.02 Å². The SMILES string of the molecule is CCn1nc(C)c(/C=C2/CN3C(=NC(C)=C(C(=O)Nc4ccccc4)C3c3ccccc3Cl)S2)c1C. The third-order valence-corrected chi connectivity index (χ3v) is 7.91. The summed E-state index contributed by atoms with van der Waals surface area (Å²) in [6.07, 6.45) is 2.21. The highest BCUT2D eigenvalue weighted by Gasteiger charge is 2.40. The predicted molar refractivity (Wildman–Crippen MR) is 149 cm³/mol. The number of aryl methyl sites for hydroxylation is 2. The quantitative estimate of drug-likeness (QED) is 0.415. The molecule has 2 aromatic carbocycles. The number of para-hydroxylation sites is 1. The first kappa shape index (κ1) is 24.4. The molecule has 1 fully saturated rings. The molecule has 1 saturated heterocycles. The molecular formula is C28H28ClN5OS. The summed E-state index contributed by atoms with van der Waals surface area (Å²) in [4.78, 5) is 21.8. The molecule has 1 unspecified atom stereocenters. The van der Waals surface area contributed by atoms with E-state index in [-0.39, 0.29) is 11.9 Å². The van der Waals surface area contributed by atoms with Gasteiger partial charge in [-0.1, -0.05) is 59.8 Å². The van der Waals surface area contributed by atoms with Crippen molar-refractivity contribution in [3.63, 3.8) is 0 Å². The van der Waals surface area contributed by atoms with Crippen molar-refractivity contribution in [2.45, 2.75) is 40.3 Å². The molecule has 1 aromatic heterocycles. The summed E-state index contributed by atoms with van der Waals surface area (Å²) >= 11 is 8.34. The number of fused-ring (bicyclic) bond motifs is 1. The maximum absolute atomic E-state index is 13.6. The van der Waals surface area contributed by atoms with Gasteiger partial charge < -0.3 is 10.2 Å². The summed E-state index contributed by atoms with van der Waals surface area (Å²) in [6, 6.07) is 16.9. The fourth-order valence-electron chi connectivity index (χ4n) is 4.78. The van der Waals surface area contributed by atoms with Gasteiger partial charge in [-0.15, -0.1) is 0 Å². The summed E-state index contributed by atoms with van der Waals surface area (Å²) in [5.74, 6) is -0.176.